The van der Waals surface area contributed by atoms with Crippen molar-refractivity contribution in [3.63, 3.8) is 0 Å². The number of nitrogens with two attached hydrogens (primary N) is 1. The average Bonchev–Trinajstić information content (AvgIpc) is 2.90. The van der Waals surface area contributed by atoms with Crippen LogP contribution in [0.4, 0.5) is 0 Å². The standard InChI is InChI=1S/C15H24BrN3OS/c1-18(10-12-7-14(16)21-11-12)13(9-17)8-15(20)19-5-3-2-4-6-19/h7,11,13H,2-6,8-10,17H2,1H3. The topological polar surface area (TPSA) is 49.6 Å². The number of carbonyl (C=O) groups excluding carboxylic acids is 1. The van der Waals surface area contributed by atoms with Crippen molar-refractivity contribution in [2.75, 3.05) is 26.7 Å². The van der Waals surface area contributed by atoms with Crippen molar-refractivity contribution in [3.05, 3.63) is 20.8 Å². The number of nitrogens with zero attached hydrogens (tertiary/aromatic N) is 2. The number of likely N-dealkylation sites (tertiary alicyclic amines) is 1. The number of hydrogen-bond donors (Lipinski definition) is 1. The highest BCUT2D eigenvalue weighted by Crippen LogP contribution is 2.22. The van der Waals surface area contributed by atoms with Crippen LogP contribution in [-0.4, -0.2) is 48.4 Å². The van der Waals surface area contributed by atoms with Gasteiger partial charge in [-0.05, 0) is 59.2 Å². The molecule has 0 bridgehead atoms. The number of halogens is 1. The van der Waals surface area contributed by atoms with Gasteiger partial charge in [0.15, 0.2) is 0 Å². The monoisotopic (exact) mass is 373 g/mol. The molecule has 0 spiro atoms. The van der Waals surface area contributed by atoms with Crippen LogP contribution in [0.2, 0.25) is 0 Å². The minimum absolute atomic E-state index is 0.109. The van der Waals surface area contributed by atoms with E-state index in [0.29, 0.717) is 13.0 Å². The van der Waals surface area contributed by atoms with E-state index >= 15 is 0 Å². The van der Waals surface area contributed by atoms with Crippen LogP contribution in [0.25, 0.3) is 0 Å². The fourth-order valence-electron chi connectivity index (χ4n) is 2.74. The maximum Gasteiger partial charge on any atom is 0.224 e. The molecule has 2 heterocycles. The van der Waals surface area contributed by atoms with Crippen LogP contribution in [-0.2, 0) is 11.3 Å². The molecule has 4 nitrogen and oxygen atoms in total. The summed E-state index contributed by atoms with van der Waals surface area (Å²) in [4.78, 5) is 16.6. The van der Waals surface area contributed by atoms with E-state index in [1.165, 1.54) is 12.0 Å². The Kier molecular flexibility index (Phi) is 6.67. The molecule has 1 aromatic rings. The largest absolute Gasteiger partial charge is 0.343 e. The molecule has 1 amide bonds. The minimum Gasteiger partial charge on any atom is -0.343 e. The summed E-state index contributed by atoms with van der Waals surface area (Å²) < 4.78 is 1.14. The van der Waals surface area contributed by atoms with Crippen molar-refractivity contribution in [2.45, 2.75) is 38.3 Å². The lowest BCUT2D eigenvalue weighted by molar-refractivity contribution is -0.133. The predicted molar refractivity (Wildman–Crippen MR) is 91.4 cm³/mol. The first kappa shape index (κ1) is 16.9. The normalized spacial score (nSPS) is 17.2. The Bertz CT molecular complexity index is 460. The Morgan fingerprint density at radius 1 is 1.48 bits per heavy atom. The molecule has 0 saturated carbocycles. The van der Waals surface area contributed by atoms with E-state index in [0.717, 1.165) is 36.3 Å². The second-order valence-corrected chi connectivity index (χ2v) is 8.00. The SMILES string of the molecule is CN(Cc1csc(Br)c1)C(CN)CC(=O)N1CCCCC1. The van der Waals surface area contributed by atoms with Crippen LogP contribution in [0.1, 0.15) is 31.2 Å². The molecule has 1 unspecified atom stereocenters. The molecule has 6 heteroatoms. The summed E-state index contributed by atoms with van der Waals surface area (Å²) in [7, 11) is 2.05. The highest BCUT2D eigenvalue weighted by atomic mass is 79.9. The molecule has 0 aliphatic carbocycles. The van der Waals surface area contributed by atoms with Gasteiger partial charge in [0, 0.05) is 38.6 Å². The van der Waals surface area contributed by atoms with Gasteiger partial charge in [0.05, 0.1) is 3.79 Å². The highest BCUT2D eigenvalue weighted by molar-refractivity contribution is 9.11. The van der Waals surface area contributed by atoms with Gasteiger partial charge in [-0.3, -0.25) is 9.69 Å². The zero-order chi connectivity index (χ0) is 15.2. The smallest absolute Gasteiger partial charge is 0.224 e. The average molecular weight is 374 g/mol. The van der Waals surface area contributed by atoms with Crippen molar-refractivity contribution in [2.24, 2.45) is 5.73 Å². The molecule has 2 N–H and O–H groups in total. The van der Waals surface area contributed by atoms with E-state index in [9.17, 15) is 4.79 Å². The van der Waals surface area contributed by atoms with Crippen LogP contribution in [0.3, 0.4) is 0 Å². The first-order valence-corrected chi connectivity index (χ1v) is 9.18. The van der Waals surface area contributed by atoms with Gasteiger partial charge < -0.3 is 10.6 Å². The fourth-order valence-corrected chi connectivity index (χ4v) is 3.94. The molecule has 21 heavy (non-hydrogen) atoms. The minimum atomic E-state index is 0.109. The Morgan fingerprint density at radius 3 is 2.76 bits per heavy atom. The van der Waals surface area contributed by atoms with Crippen molar-refractivity contribution >= 4 is 33.2 Å². The summed E-state index contributed by atoms with van der Waals surface area (Å²) in [6.45, 7) is 3.17. The number of amides is 1. The molecular weight excluding hydrogens is 350 g/mol. The maximum atomic E-state index is 12.4. The lowest BCUT2D eigenvalue weighted by Gasteiger charge is -2.31. The maximum absolute atomic E-state index is 12.4. The van der Waals surface area contributed by atoms with Crippen LogP contribution in [0.15, 0.2) is 15.2 Å². The summed E-state index contributed by atoms with van der Waals surface area (Å²) in [6.07, 6.45) is 4.05. The van der Waals surface area contributed by atoms with Crippen LogP contribution < -0.4 is 5.73 Å². The zero-order valence-corrected chi connectivity index (χ0v) is 15.0. The lowest BCUT2D eigenvalue weighted by Crippen LogP contribution is -2.44. The molecule has 1 aliphatic heterocycles. The van der Waals surface area contributed by atoms with E-state index in [4.69, 9.17) is 5.73 Å². The molecule has 1 aliphatic rings. The Labute approximate surface area is 139 Å². The van der Waals surface area contributed by atoms with Gasteiger partial charge in [-0.15, -0.1) is 11.3 Å². The van der Waals surface area contributed by atoms with Crippen molar-refractivity contribution < 1.29 is 4.79 Å². The number of carbonyl (C=O) groups is 1. The van der Waals surface area contributed by atoms with Gasteiger partial charge in [0.2, 0.25) is 5.91 Å². The first-order chi connectivity index (χ1) is 10.1. The molecule has 1 fully saturated rings. The Hall–Kier alpha value is -0.430. The molecule has 0 aromatic carbocycles. The third kappa shape index (κ3) is 5.06. The quantitative estimate of drug-likeness (QED) is 0.833. The number of thiophene rings is 1. The third-order valence-corrected chi connectivity index (χ3v) is 5.62. The van der Waals surface area contributed by atoms with Gasteiger partial charge >= 0.3 is 0 Å². The lowest BCUT2D eigenvalue weighted by atomic mass is 10.1. The summed E-state index contributed by atoms with van der Waals surface area (Å²) >= 11 is 5.17. The number of hydrogen-bond acceptors (Lipinski definition) is 4. The van der Waals surface area contributed by atoms with Gasteiger partial charge in [0.25, 0.3) is 0 Å². The second kappa shape index (κ2) is 8.27. The van der Waals surface area contributed by atoms with Crippen LogP contribution >= 0.6 is 27.3 Å². The van der Waals surface area contributed by atoms with Crippen LogP contribution in [0.5, 0.6) is 0 Å². The van der Waals surface area contributed by atoms with Crippen molar-refractivity contribution in [1.82, 2.24) is 9.80 Å². The first-order valence-electron chi connectivity index (χ1n) is 7.51. The van der Waals surface area contributed by atoms with Gasteiger partial charge in [0.1, 0.15) is 0 Å². The molecule has 1 aromatic heterocycles. The van der Waals surface area contributed by atoms with Crippen LogP contribution in [0, 0.1) is 0 Å². The van der Waals surface area contributed by atoms with Gasteiger partial charge in [-0.25, -0.2) is 0 Å². The Balaban J connectivity index is 1.87. The molecule has 1 saturated heterocycles. The van der Waals surface area contributed by atoms with Gasteiger partial charge in [-0.2, -0.15) is 0 Å². The van der Waals surface area contributed by atoms with E-state index in [-0.39, 0.29) is 11.9 Å². The van der Waals surface area contributed by atoms with E-state index in [1.807, 2.05) is 11.9 Å². The van der Waals surface area contributed by atoms with Crippen molar-refractivity contribution in [1.29, 1.82) is 0 Å². The zero-order valence-electron chi connectivity index (χ0n) is 12.6. The molecule has 1 atom stereocenters. The molecule has 0 radical (unpaired) electrons. The summed E-state index contributed by atoms with van der Waals surface area (Å²) in [5.74, 6) is 0.253. The highest BCUT2D eigenvalue weighted by Gasteiger charge is 2.22. The number of piperidine rings is 1. The van der Waals surface area contributed by atoms with E-state index in [1.54, 1.807) is 11.3 Å². The number of rotatable bonds is 6. The summed E-state index contributed by atoms with van der Waals surface area (Å²) in [5, 5.41) is 2.14. The molecular formula is C15H24BrN3OS. The van der Waals surface area contributed by atoms with E-state index in [2.05, 4.69) is 32.3 Å². The fraction of sp³-hybridized carbons (Fsp3) is 0.667. The molecule has 2 rings (SSSR count). The van der Waals surface area contributed by atoms with Crippen molar-refractivity contribution in [3.8, 4) is 0 Å². The summed E-state index contributed by atoms with van der Waals surface area (Å²) in [5.41, 5.74) is 7.15. The summed E-state index contributed by atoms with van der Waals surface area (Å²) in [6, 6.07) is 2.24. The van der Waals surface area contributed by atoms with E-state index < -0.39 is 0 Å². The predicted octanol–water partition coefficient (Wildman–Crippen LogP) is 2.67. The third-order valence-electron chi connectivity index (χ3n) is 4.07. The molecule has 118 valence electrons. The second-order valence-electron chi connectivity index (χ2n) is 5.71. The Morgan fingerprint density at radius 2 is 2.19 bits per heavy atom. The van der Waals surface area contributed by atoms with Gasteiger partial charge in [-0.1, -0.05) is 0 Å². The number of likely N-dealkylation sites (N-methyl/N-ethyl adjacent to an activating group) is 1.